The highest BCUT2D eigenvalue weighted by Gasteiger charge is 2.21. The fourth-order valence-corrected chi connectivity index (χ4v) is 3.10. The number of aryl methyl sites for hydroxylation is 1. The Bertz CT molecular complexity index is 593. The predicted octanol–water partition coefficient (Wildman–Crippen LogP) is 2.94. The third kappa shape index (κ3) is 3.42. The van der Waals surface area contributed by atoms with Crippen LogP contribution in [0.4, 0.5) is 0 Å². The van der Waals surface area contributed by atoms with Crippen LogP contribution >= 0.6 is 0 Å². The molecule has 1 aliphatic rings. The van der Waals surface area contributed by atoms with E-state index < -0.39 is 0 Å². The Hall–Kier alpha value is -1.59. The Morgan fingerprint density at radius 2 is 2.14 bits per heavy atom. The normalized spacial score (nSPS) is 17.5. The highest BCUT2D eigenvalue weighted by atomic mass is 16.3. The van der Waals surface area contributed by atoms with E-state index in [1.165, 1.54) is 31.5 Å². The number of nitrogens with zero attached hydrogens (tertiary/aromatic N) is 2. The second-order valence-corrected chi connectivity index (χ2v) is 6.47. The largest absolute Gasteiger partial charge is 0.460 e. The maximum Gasteiger partial charge on any atom is 0.152 e. The Morgan fingerprint density at radius 3 is 2.77 bits per heavy atom. The van der Waals surface area contributed by atoms with Crippen molar-refractivity contribution in [3.05, 3.63) is 29.7 Å². The summed E-state index contributed by atoms with van der Waals surface area (Å²) in [7, 11) is 0. The minimum absolute atomic E-state index is 0.594. The summed E-state index contributed by atoms with van der Waals surface area (Å²) in [5, 5.41) is 10.9. The van der Waals surface area contributed by atoms with Gasteiger partial charge in [0.15, 0.2) is 5.76 Å². The van der Waals surface area contributed by atoms with E-state index in [4.69, 9.17) is 4.42 Å². The Kier molecular flexibility index (Phi) is 4.64. The van der Waals surface area contributed by atoms with Crippen molar-refractivity contribution in [1.29, 1.82) is 0 Å². The number of piperidine rings is 1. The highest BCUT2D eigenvalue weighted by molar-refractivity contribution is 5.56. The minimum atomic E-state index is 0.594. The van der Waals surface area contributed by atoms with Crippen LogP contribution in [0.1, 0.15) is 38.0 Å². The van der Waals surface area contributed by atoms with E-state index in [0.717, 1.165) is 23.8 Å². The van der Waals surface area contributed by atoms with Gasteiger partial charge in [0.2, 0.25) is 0 Å². The number of hydrogen-bond acceptors (Lipinski definition) is 4. The molecule has 5 nitrogen and oxygen atoms in total. The van der Waals surface area contributed by atoms with Crippen LogP contribution in [0.15, 0.2) is 22.7 Å². The van der Waals surface area contributed by atoms with E-state index in [0.29, 0.717) is 12.1 Å². The van der Waals surface area contributed by atoms with Crippen molar-refractivity contribution in [2.24, 2.45) is 0 Å². The monoisotopic (exact) mass is 302 g/mol. The summed E-state index contributed by atoms with van der Waals surface area (Å²) in [4.78, 5) is 2.55. The fraction of sp³-hybridized carbons (Fsp3) is 0.588. The van der Waals surface area contributed by atoms with Gasteiger partial charge in [-0.2, -0.15) is 5.10 Å². The summed E-state index contributed by atoms with van der Waals surface area (Å²) < 4.78 is 5.70. The summed E-state index contributed by atoms with van der Waals surface area (Å²) in [5.74, 6) is 1.78. The van der Waals surface area contributed by atoms with Gasteiger partial charge < -0.3 is 14.6 Å². The van der Waals surface area contributed by atoms with Crippen LogP contribution in [0.2, 0.25) is 0 Å². The van der Waals surface area contributed by atoms with Crippen molar-refractivity contribution in [2.75, 3.05) is 13.1 Å². The Labute approximate surface area is 132 Å². The molecule has 1 saturated heterocycles. The molecule has 0 aromatic carbocycles. The van der Waals surface area contributed by atoms with Crippen molar-refractivity contribution in [1.82, 2.24) is 20.4 Å². The van der Waals surface area contributed by atoms with Gasteiger partial charge in [-0.15, -0.1) is 0 Å². The van der Waals surface area contributed by atoms with Crippen molar-refractivity contribution in [2.45, 2.75) is 52.2 Å². The van der Waals surface area contributed by atoms with Gasteiger partial charge in [0.05, 0.1) is 6.20 Å². The number of likely N-dealkylation sites (tertiary alicyclic amines) is 1. The SMILES string of the molecule is Cc1ccc(-c2[nH]ncc2CNC2CCN(C(C)C)CC2)o1. The van der Waals surface area contributed by atoms with E-state index in [1.807, 2.05) is 25.3 Å². The van der Waals surface area contributed by atoms with E-state index in [9.17, 15) is 0 Å². The molecule has 0 bridgehead atoms. The molecule has 3 rings (SSSR count). The van der Waals surface area contributed by atoms with Crippen LogP contribution in [-0.4, -0.2) is 40.3 Å². The van der Waals surface area contributed by atoms with Crippen molar-refractivity contribution >= 4 is 0 Å². The topological polar surface area (TPSA) is 57.1 Å². The van der Waals surface area contributed by atoms with E-state index in [1.54, 1.807) is 0 Å². The maximum atomic E-state index is 5.70. The zero-order chi connectivity index (χ0) is 15.5. The number of aromatic nitrogens is 2. The standard InChI is InChI=1S/C17H26N4O/c1-12(2)21-8-6-15(7-9-21)18-10-14-11-19-20-17(14)16-5-4-13(3)22-16/h4-5,11-12,15,18H,6-10H2,1-3H3,(H,19,20). The van der Waals surface area contributed by atoms with E-state index >= 15 is 0 Å². The molecule has 2 aromatic rings. The molecule has 1 aliphatic heterocycles. The van der Waals surface area contributed by atoms with Gasteiger partial charge in [-0.05, 0) is 58.8 Å². The van der Waals surface area contributed by atoms with Gasteiger partial charge in [0, 0.05) is 24.2 Å². The molecule has 0 radical (unpaired) electrons. The number of furan rings is 1. The lowest BCUT2D eigenvalue weighted by Crippen LogP contribution is -2.44. The molecule has 0 atom stereocenters. The van der Waals surface area contributed by atoms with Crippen LogP contribution in [0.5, 0.6) is 0 Å². The molecule has 0 unspecified atom stereocenters. The maximum absolute atomic E-state index is 5.70. The molecule has 120 valence electrons. The molecule has 2 aromatic heterocycles. The first-order valence-corrected chi connectivity index (χ1v) is 8.20. The number of aromatic amines is 1. The molecule has 5 heteroatoms. The highest BCUT2D eigenvalue weighted by Crippen LogP contribution is 2.23. The summed E-state index contributed by atoms with van der Waals surface area (Å²) in [6.07, 6.45) is 4.32. The molecule has 3 heterocycles. The van der Waals surface area contributed by atoms with Crippen LogP contribution in [0, 0.1) is 6.92 Å². The first-order chi connectivity index (χ1) is 10.6. The molecule has 0 spiro atoms. The Morgan fingerprint density at radius 1 is 1.36 bits per heavy atom. The molecule has 2 N–H and O–H groups in total. The smallest absolute Gasteiger partial charge is 0.152 e. The predicted molar refractivity (Wildman–Crippen MR) is 87.6 cm³/mol. The first-order valence-electron chi connectivity index (χ1n) is 8.20. The zero-order valence-corrected chi connectivity index (χ0v) is 13.7. The van der Waals surface area contributed by atoms with E-state index in [-0.39, 0.29) is 0 Å². The van der Waals surface area contributed by atoms with Crippen molar-refractivity contribution < 1.29 is 4.42 Å². The van der Waals surface area contributed by atoms with Crippen LogP contribution in [0.25, 0.3) is 11.5 Å². The zero-order valence-electron chi connectivity index (χ0n) is 13.7. The van der Waals surface area contributed by atoms with Crippen LogP contribution in [-0.2, 0) is 6.54 Å². The second kappa shape index (κ2) is 6.67. The molecular weight excluding hydrogens is 276 g/mol. The molecule has 1 fully saturated rings. The van der Waals surface area contributed by atoms with Gasteiger partial charge in [-0.1, -0.05) is 0 Å². The lowest BCUT2D eigenvalue weighted by atomic mass is 10.0. The number of hydrogen-bond donors (Lipinski definition) is 2. The quantitative estimate of drug-likeness (QED) is 0.891. The van der Waals surface area contributed by atoms with E-state index in [2.05, 4.69) is 34.3 Å². The van der Waals surface area contributed by atoms with Crippen LogP contribution < -0.4 is 5.32 Å². The number of nitrogens with one attached hydrogen (secondary N) is 2. The number of rotatable bonds is 5. The first kappa shape index (κ1) is 15.3. The molecule has 0 amide bonds. The van der Waals surface area contributed by atoms with Gasteiger partial charge in [0.25, 0.3) is 0 Å². The fourth-order valence-electron chi connectivity index (χ4n) is 3.10. The number of H-pyrrole nitrogens is 1. The second-order valence-electron chi connectivity index (χ2n) is 6.47. The summed E-state index contributed by atoms with van der Waals surface area (Å²) in [6, 6.07) is 5.22. The van der Waals surface area contributed by atoms with Gasteiger partial charge >= 0.3 is 0 Å². The molecular formula is C17H26N4O. The van der Waals surface area contributed by atoms with Gasteiger partial charge in [-0.25, -0.2) is 0 Å². The van der Waals surface area contributed by atoms with Crippen molar-refractivity contribution in [3.63, 3.8) is 0 Å². The van der Waals surface area contributed by atoms with Crippen molar-refractivity contribution in [3.8, 4) is 11.5 Å². The average molecular weight is 302 g/mol. The summed E-state index contributed by atoms with van der Waals surface area (Å²) in [6.45, 7) is 9.71. The average Bonchev–Trinajstić information content (AvgIpc) is 3.14. The molecule has 0 saturated carbocycles. The van der Waals surface area contributed by atoms with Gasteiger partial charge in [0.1, 0.15) is 11.5 Å². The van der Waals surface area contributed by atoms with Gasteiger partial charge in [-0.3, -0.25) is 5.10 Å². The summed E-state index contributed by atoms with van der Waals surface area (Å²) in [5.41, 5.74) is 2.15. The molecule has 22 heavy (non-hydrogen) atoms. The third-order valence-corrected chi connectivity index (χ3v) is 4.55. The lowest BCUT2D eigenvalue weighted by Gasteiger charge is -2.35. The minimum Gasteiger partial charge on any atom is -0.460 e. The lowest BCUT2D eigenvalue weighted by molar-refractivity contribution is 0.161. The third-order valence-electron chi connectivity index (χ3n) is 4.55. The Balaban J connectivity index is 1.56. The molecule has 0 aliphatic carbocycles. The van der Waals surface area contributed by atoms with Crippen LogP contribution in [0.3, 0.4) is 0 Å². The summed E-state index contributed by atoms with van der Waals surface area (Å²) >= 11 is 0.